The van der Waals surface area contributed by atoms with Crippen molar-refractivity contribution in [2.24, 2.45) is 11.8 Å². The predicted octanol–water partition coefficient (Wildman–Crippen LogP) is 0.00810. The molecule has 0 amide bonds. The van der Waals surface area contributed by atoms with Gasteiger partial charge in [-0.1, -0.05) is 0 Å². The lowest BCUT2D eigenvalue weighted by Gasteiger charge is -2.46. The summed E-state index contributed by atoms with van der Waals surface area (Å²) in [7, 11) is 0. The molecule has 1 saturated carbocycles. The molecule has 2 fully saturated rings. The standard InChI is InChI=1S/C34H40O19/c1-15(35)45-13-24-27(48-18(4)38)28(49-19(5)39)29(50-20(6)40)33(51-24)53-32-25-23(11-12-44-32)26(30(41)34(25,43)14-46-16(2)36)52-31(42)21-7-9-22(10-8-21)47-17(3)37/h7-12,23-30,32-33,41,43H,13-14H2,1-6H3/t23-,24-,25-,26+,27-,28+,29-,30-,32-,33+,34-/m1/s1. The summed E-state index contributed by atoms with van der Waals surface area (Å²) in [6, 6.07) is 5.30. The van der Waals surface area contributed by atoms with Crippen LogP contribution in [0.1, 0.15) is 51.9 Å². The van der Waals surface area contributed by atoms with E-state index in [-0.39, 0.29) is 11.3 Å². The van der Waals surface area contributed by atoms with Crippen LogP contribution in [0.5, 0.6) is 5.75 Å². The number of hydrogen-bond donors (Lipinski definition) is 2. The molecule has 0 bridgehead atoms. The fraction of sp³-hybridized carbons (Fsp3) is 0.559. The van der Waals surface area contributed by atoms with Crippen LogP contribution in [-0.2, 0) is 71.4 Å². The van der Waals surface area contributed by atoms with Gasteiger partial charge in [-0.15, -0.1) is 0 Å². The van der Waals surface area contributed by atoms with Gasteiger partial charge in [-0.25, -0.2) is 4.79 Å². The van der Waals surface area contributed by atoms with Crippen molar-refractivity contribution in [2.75, 3.05) is 13.2 Å². The Morgan fingerprint density at radius 1 is 0.698 bits per heavy atom. The molecule has 0 radical (unpaired) electrons. The Labute approximate surface area is 302 Å². The molecule has 0 aromatic heterocycles. The molecule has 2 N–H and O–H groups in total. The van der Waals surface area contributed by atoms with E-state index in [4.69, 9.17) is 47.4 Å². The maximum absolute atomic E-state index is 13.3. The van der Waals surface area contributed by atoms with Gasteiger partial charge in [-0.2, -0.15) is 0 Å². The average Bonchev–Trinajstić information content (AvgIpc) is 3.27. The molecule has 19 nitrogen and oxygen atoms in total. The Morgan fingerprint density at radius 2 is 1.28 bits per heavy atom. The summed E-state index contributed by atoms with van der Waals surface area (Å²) >= 11 is 0. The normalized spacial score (nSPS) is 31.5. The van der Waals surface area contributed by atoms with Crippen molar-refractivity contribution in [3.05, 3.63) is 42.2 Å². The Hall–Kier alpha value is -5.11. The quantitative estimate of drug-likeness (QED) is 0.162. The summed E-state index contributed by atoms with van der Waals surface area (Å²) in [6.07, 6.45) is -10.6. The minimum Gasteiger partial charge on any atom is -0.472 e. The smallest absolute Gasteiger partial charge is 0.338 e. The molecule has 53 heavy (non-hydrogen) atoms. The molecular formula is C34H40O19. The molecule has 1 aromatic rings. The Kier molecular flexibility index (Phi) is 13.2. The van der Waals surface area contributed by atoms with Gasteiger partial charge < -0.3 is 57.6 Å². The van der Waals surface area contributed by atoms with Gasteiger partial charge in [-0.3, -0.25) is 28.8 Å². The molecule has 11 atom stereocenters. The number of esters is 7. The average molecular weight is 753 g/mol. The third-order valence-corrected chi connectivity index (χ3v) is 8.32. The summed E-state index contributed by atoms with van der Waals surface area (Å²) in [6.45, 7) is 5.06. The van der Waals surface area contributed by atoms with E-state index in [1.807, 2.05) is 0 Å². The molecular weight excluding hydrogens is 712 g/mol. The number of hydrogen-bond acceptors (Lipinski definition) is 19. The number of ether oxygens (including phenoxy) is 10. The van der Waals surface area contributed by atoms with Crippen LogP contribution in [0.15, 0.2) is 36.6 Å². The number of rotatable bonds is 12. The molecule has 1 aromatic carbocycles. The first-order valence-electron chi connectivity index (χ1n) is 16.2. The van der Waals surface area contributed by atoms with Gasteiger partial charge in [0.1, 0.15) is 42.9 Å². The van der Waals surface area contributed by atoms with Crippen molar-refractivity contribution >= 4 is 41.8 Å². The highest BCUT2D eigenvalue weighted by Crippen LogP contribution is 2.49. The molecule has 3 aliphatic rings. The second-order valence-corrected chi connectivity index (χ2v) is 12.3. The van der Waals surface area contributed by atoms with Crippen molar-refractivity contribution < 1.29 is 91.1 Å². The first kappa shape index (κ1) is 40.7. The molecule has 1 saturated heterocycles. The zero-order valence-corrected chi connectivity index (χ0v) is 29.5. The lowest BCUT2D eigenvalue weighted by atomic mass is 9.83. The van der Waals surface area contributed by atoms with Gasteiger partial charge in [0.15, 0.2) is 18.3 Å². The van der Waals surface area contributed by atoms with Gasteiger partial charge in [0.2, 0.25) is 12.6 Å². The van der Waals surface area contributed by atoms with Gasteiger partial charge in [-0.05, 0) is 30.3 Å². The maximum atomic E-state index is 13.3. The van der Waals surface area contributed by atoms with E-state index in [0.717, 1.165) is 40.9 Å². The molecule has 4 rings (SSSR count). The number of aliphatic hydroxyl groups excluding tert-OH is 1. The van der Waals surface area contributed by atoms with Crippen LogP contribution < -0.4 is 4.74 Å². The zero-order valence-electron chi connectivity index (χ0n) is 29.5. The van der Waals surface area contributed by atoms with Gasteiger partial charge >= 0.3 is 41.8 Å². The Balaban J connectivity index is 1.71. The second-order valence-electron chi connectivity index (χ2n) is 12.3. The van der Waals surface area contributed by atoms with Crippen LogP contribution in [0.3, 0.4) is 0 Å². The fourth-order valence-electron chi connectivity index (χ4n) is 6.28. The van der Waals surface area contributed by atoms with E-state index in [0.29, 0.717) is 0 Å². The molecule has 2 aliphatic heterocycles. The van der Waals surface area contributed by atoms with E-state index in [1.54, 1.807) is 0 Å². The summed E-state index contributed by atoms with van der Waals surface area (Å²) in [5.74, 6) is -8.15. The first-order chi connectivity index (χ1) is 24.9. The van der Waals surface area contributed by atoms with Gasteiger partial charge in [0.05, 0.1) is 17.7 Å². The Bertz CT molecular complexity index is 1590. The van der Waals surface area contributed by atoms with Gasteiger partial charge in [0, 0.05) is 47.5 Å². The largest absolute Gasteiger partial charge is 0.472 e. The van der Waals surface area contributed by atoms with Crippen LogP contribution in [0.2, 0.25) is 0 Å². The predicted molar refractivity (Wildman–Crippen MR) is 169 cm³/mol. The summed E-state index contributed by atoms with van der Waals surface area (Å²) < 4.78 is 55.0. The number of benzene rings is 1. The first-order valence-corrected chi connectivity index (χ1v) is 16.2. The minimum atomic E-state index is -2.44. The van der Waals surface area contributed by atoms with E-state index in [9.17, 15) is 43.8 Å². The van der Waals surface area contributed by atoms with Crippen molar-refractivity contribution in [3.8, 4) is 5.75 Å². The van der Waals surface area contributed by atoms with E-state index in [2.05, 4.69) is 0 Å². The summed E-state index contributed by atoms with van der Waals surface area (Å²) in [5, 5.41) is 23.6. The molecule has 290 valence electrons. The highest BCUT2D eigenvalue weighted by atomic mass is 16.8. The van der Waals surface area contributed by atoms with Crippen molar-refractivity contribution in [1.29, 1.82) is 0 Å². The number of carbonyl (C=O) groups excluding carboxylic acids is 7. The van der Waals surface area contributed by atoms with Crippen molar-refractivity contribution in [3.63, 3.8) is 0 Å². The van der Waals surface area contributed by atoms with Crippen molar-refractivity contribution in [1.82, 2.24) is 0 Å². The topological polar surface area (TPSA) is 252 Å². The highest BCUT2D eigenvalue weighted by Gasteiger charge is 2.66. The third kappa shape index (κ3) is 9.86. The van der Waals surface area contributed by atoms with E-state index in [1.165, 1.54) is 37.3 Å². The van der Waals surface area contributed by atoms with E-state index < -0.39 is 122 Å². The van der Waals surface area contributed by atoms with Crippen LogP contribution in [-0.4, -0.2) is 120 Å². The van der Waals surface area contributed by atoms with Crippen LogP contribution in [0.25, 0.3) is 0 Å². The SMILES string of the molecule is CC(=O)OC[C@H]1O[C@@H](O[C@H]2OC=C[C@H]3[C@H](OC(=O)c4ccc(OC(C)=O)cc4)[C@@H](O)[C@@](O)(COC(C)=O)[C@@H]23)[C@H](OC(C)=O)[C@@H](OC(C)=O)[C@@H]1OC(C)=O. The molecule has 0 unspecified atom stereocenters. The zero-order chi connectivity index (χ0) is 39.2. The summed E-state index contributed by atoms with van der Waals surface area (Å²) in [4.78, 5) is 84.9. The molecule has 2 heterocycles. The van der Waals surface area contributed by atoms with Crippen LogP contribution in [0.4, 0.5) is 0 Å². The fourth-order valence-corrected chi connectivity index (χ4v) is 6.28. The lowest BCUT2D eigenvalue weighted by Crippen LogP contribution is -2.64. The maximum Gasteiger partial charge on any atom is 0.338 e. The van der Waals surface area contributed by atoms with Gasteiger partial charge in [0.25, 0.3) is 0 Å². The molecule has 1 aliphatic carbocycles. The monoisotopic (exact) mass is 752 g/mol. The van der Waals surface area contributed by atoms with E-state index >= 15 is 0 Å². The van der Waals surface area contributed by atoms with Crippen LogP contribution >= 0.6 is 0 Å². The number of fused-ring (bicyclic) bond motifs is 1. The highest BCUT2D eigenvalue weighted by molar-refractivity contribution is 5.89. The third-order valence-electron chi connectivity index (χ3n) is 8.32. The Morgan fingerprint density at radius 3 is 1.85 bits per heavy atom. The second kappa shape index (κ2) is 17.1. The number of carbonyl (C=O) groups is 7. The molecule has 19 heteroatoms. The van der Waals surface area contributed by atoms with Crippen molar-refractivity contribution in [2.45, 2.75) is 96.3 Å². The molecule has 0 spiro atoms. The summed E-state index contributed by atoms with van der Waals surface area (Å²) in [5.41, 5.74) is -2.45. The minimum absolute atomic E-state index is 0.0126. The van der Waals surface area contributed by atoms with Crippen LogP contribution in [0, 0.1) is 11.8 Å². The lowest BCUT2D eigenvalue weighted by molar-refractivity contribution is -0.350. The number of aliphatic hydroxyl groups is 2.